The Morgan fingerprint density at radius 3 is 2.30 bits per heavy atom. The van der Waals surface area contributed by atoms with Crippen molar-refractivity contribution >= 4 is 42.2 Å². The lowest BCUT2D eigenvalue weighted by Gasteiger charge is -2.43. The number of aromatic nitrogens is 1. The van der Waals surface area contributed by atoms with Crippen LogP contribution in [-0.2, 0) is 4.79 Å². The van der Waals surface area contributed by atoms with Gasteiger partial charge in [0.25, 0.3) is 0 Å². The standard InChI is InChI=1S/C20H30N4O.2ClH/c21-19-14-5-4-6-15(19)12-16(11-14)20(25)23-17-7-8-18(22-13-17)24-9-2-1-3-10-24;;/h7-8,13-16,19H,1-6,9-12,21H2,(H,23,25);2*1H. The zero-order chi connectivity index (χ0) is 17.2. The van der Waals surface area contributed by atoms with E-state index in [1.54, 1.807) is 6.20 Å². The number of amides is 1. The second-order valence-electron chi connectivity index (χ2n) is 8.14. The first kappa shape index (κ1) is 22.3. The molecule has 0 spiro atoms. The number of fused-ring (bicyclic) bond motifs is 2. The maximum Gasteiger partial charge on any atom is 0.227 e. The van der Waals surface area contributed by atoms with Crippen LogP contribution in [0.5, 0.6) is 0 Å². The summed E-state index contributed by atoms with van der Waals surface area (Å²) >= 11 is 0. The van der Waals surface area contributed by atoms with E-state index in [0.717, 1.165) is 37.4 Å². The molecule has 1 aromatic heterocycles. The second-order valence-corrected chi connectivity index (χ2v) is 8.14. The van der Waals surface area contributed by atoms with Crippen molar-refractivity contribution in [3.8, 4) is 0 Å². The molecule has 5 nitrogen and oxygen atoms in total. The lowest BCUT2D eigenvalue weighted by atomic mass is 9.65. The van der Waals surface area contributed by atoms with Crippen molar-refractivity contribution in [2.45, 2.75) is 57.4 Å². The lowest BCUT2D eigenvalue weighted by Crippen LogP contribution is -2.48. The van der Waals surface area contributed by atoms with Crippen LogP contribution in [0, 0.1) is 17.8 Å². The van der Waals surface area contributed by atoms with Gasteiger partial charge in [-0.3, -0.25) is 4.79 Å². The van der Waals surface area contributed by atoms with E-state index in [4.69, 9.17) is 5.73 Å². The summed E-state index contributed by atoms with van der Waals surface area (Å²) in [5.41, 5.74) is 7.15. The van der Waals surface area contributed by atoms with E-state index in [1.165, 1.54) is 38.5 Å². The minimum absolute atomic E-state index is 0. The SMILES string of the molecule is Cl.Cl.NC1C2CCCC1CC(C(=O)Nc1ccc(N3CCCCC3)nc1)C2. The highest BCUT2D eigenvalue weighted by atomic mass is 35.5. The number of halogens is 2. The number of nitrogens with zero attached hydrogens (tertiary/aromatic N) is 2. The summed E-state index contributed by atoms with van der Waals surface area (Å²) in [5, 5.41) is 3.09. The van der Waals surface area contributed by atoms with Gasteiger partial charge in [0.15, 0.2) is 0 Å². The van der Waals surface area contributed by atoms with Gasteiger partial charge in [-0.2, -0.15) is 0 Å². The van der Waals surface area contributed by atoms with Crippen LogP contribution in [0.25, 0.3) is 0 Å². The van der Waals surface area contributed by atoms with Crippen LogP contribution in [0.4, 0.5) is 11.5 Å². The number of hydrogen-bond donors (Lipinski definition) is 2. The molecule has 1 saturated heterocycles. The first-order valence-corrected chi connectivity index (χ1v) is 9.98. The van der Waals surface area contributed by atoms with Crippen molar-refractivity contribution in [2.75, 3.05) is 23.3 Å². The van der Waals surface area contributed by atoms with E-state index in [9.17, 15) is 4.79 Å². The molecule has 1 aliphatic heterocycles. The predicted octanol–water partition coefficient (Wildman–Crippen LogP) is 4.01. The number of nitrogens with two attached hydrogens (primary N) is 1. The van der Waals surface area contributed by atoms with Gasteiger partial charge >= 0.3 is 0 Å². The number of carbonyl (C=O) groups excluding carboxylic acids is 1. The third-order valence-corrected chi connectivity index (χ3v) is 6.48. The Bertz CT molecular complexity index is 593. The van der Waals surface area contributed by atoms with Gasteiger partial charge in [-0.05, 0) is 68.9 Å². The number of nitrogens with one attached hydrogen (secondary N) is 1. The van der Waals surface area contributed by atoms with Crippen molar-refractivity contribution in [1.82, 2.24) is 4.98 Å². The summed E-state index contributed by atoms with van der Waals surface area (Å²) in [6.45, 7) is 2.17. The maximum absolute atomic E-state index is 12.7. The van der Waals surface area contributed by atoms with Crippen molar-refractivity contribution in [1.29, 1.82) is 0 Å². The predicted molar refractivity (Wildman–Crippen MR) is 115 cm³/mol. The second kappa shape index (κ2) is 9.94. The fraction of sp³-hybridized carbons (Fsp3) is 0.700. The van der Waals surface area contributed by atoms with Crippen LogP contribution in [0.15, 0.2) is 18.3 Å². The molecular formula is C20H32Cl2N4O. The van der Waals surface area contributed by atoms with Gasteiger partial charge in [-0.15, -0.1) is 24.8 Å². The van der Waals surface area contributed by atoms with E-state index in [1.807, 2.05) is 12.1 Å². The average Bonchev–Trinajstić information content (AvgIpc) is 2.63. The first-order chi connectivity index (χ1) is 12.2. The number of piperidine rings is 1. The molecule has 27 heavy (non-hydrogen) atoms. The van der Waals surface area contributed by atoms with Crippen molar-refractivity contribution < 1.29 is 4.79 Å². The summed E-state index contributed by atoms with van der Waals surface area (Å²) in [7, 11) is 0. The molecule has 3 fully saturated rings. The van der Waals surface area contributed by atoms with Crippen LogP contribution < -0.4 is 16.0 Å². The van der Waals surface area contributed by atoms with Crippen LogP contribution in [0.1, 0.15) is 51.4 Å². The van der Waals surface area contributed by atoms with E-state index in [0.29, 0.717) is 17.9 Å². The number of hydrogen-bond acceptors (Lipinski definition) is 4. The minimum Gasteiger partial charge on any atom is -0.357 e. The summed E-state index contributed by atoms with van der Waals surface area (Å²) < 4.78 is 0. The van der Waals surface area contributed by atoms with Crippen LogP contribution >= 0.6 is 24.8 Å². The van der Waals surface area contributed by atoms with Crippen molar-refractivity contribution in [3.05, 3.63) is 18.3 Å². The van der Waals surface area contributed by atoms with Gasteiger partial charge in [-0.25, -0.2) is 4.98 Å². The molecule has 4 rings (SSSR count). The highest BCUT2D eigenvalue weighted by molar-refractivity contribution is 5.92. The summed E-state index contributed by atoms with van der Waals surface area (Å²) in [6, 6.07) is 4.33. The van der Waals surface area contributed by atoms with E-state index >= 15 is 0 Å². The smallest absolute Gasteiger partial charge is 0.227 e. The molecule has 2 saturated carbocycles. The monoisotopic (exact) mass is 414 g/mol. The molecule has 2 atom stereocenters. The van der Waals surface area contributed by atoms with Crippen molar-refractivity contribution in [2.24, 2.45) is 23.5 Å². The summed E-state index contributed by atoms with van der Waals surface area (Å²) in [6.07, 6.45) is 11.2. The molecule has 0 aromatic carbocycles. The van der Waals surface area contributed by atoms with Gasteiger partial charge < -0.3 is 16.0 Å². The average molecular weight is 415 g/mol. The molecular weight excluding hydrogens is 383 g/mol. The molecule has 2 aliphatic carbocycles. The summed E-state index contributed by atoms with van der Waals surface area (Å²) in [5.74, 6) is 2.34. The maximum atomic E-state index is 12.7. The van der Waals surface area contributed by atoms with Gasteiger partial charge in [0.1, 0.15) is 5.82 Å². The normalized spacial score (nSPS) is 29.9. The molecule has 1 amide bonds. The number of anilines is 2. The fourth-order valence-corrected chi connectivity index (χ4v) is 5.02. The molecule has 2 unspecified atom stereocenters. The molecule has 2 heterocycles. The van der Waals surface area contributed by atoms with E-state index in [2.05, 4.69) is 15.2 Å². The highest BCUT2D eigenvalue weighted by Crippen LogP contribution is 2.42. The lowest BCUT2D eigenvalue weighted by molar-refractivity contribution is -0.122. The number of pyridine rings is 1. The highest BCUT2D eigenvalue weighted by Gasteiger charge is 2.40. The Labute approximate surface area is 174 Å². The first-order valence-electron chi connectivity index (χ1n) is 9.98. The van der Waals surface area contributed by atoms with Gasteiger partial charge in [0, 0.05) is 25.0 Å². The van der Waals surface area contributed by atoms with Crippen molar-refractivity contribution in [3.63, 3.8) is 0 Å². The minimum atomic E-state index is 0. The zero-order valence-corrected chi connectivity index (χ0v) is 17.4. The Hall–Kier alpha value is -1.04. The van der Waals surface area contributed by atoms with E-state index < -0.39 is 0 Å². The summed E-state index contributed by atoms with van der Waals surface area (Å²) in [4.78, 5) is 19.6. The largest absolute Gasteiger partial charge is 0.357 e. The quantitative estimate of drug-likeness (QED) is 0.783. The Morgan fingerprint density at radius 2 is 1.70 bits per heavy atom. The molecule has 2 bridgehead atoms. The van der Waals surface area contributed by atoms with Gasteiger partial charge in [0.05, 0.1) is 11.9 Å². The topological polar surface area (TPSA) is 71.2 Å². The molecule has 3 aliphatic rings. The molecule has 1 aromatic rings. The van der Waals surface area contributed by atoms with Gasteiger partial charge in [0.2, 0.25) is 5.91 Å². The zero-order valence-electron chi connectivity index (χ0n) is 15.8. The number of carbonyl (C=O) groups is 1. The third-order valence-electron chi connectivity index (χ3n) is 6.48. The van der Waals surface area contributed by atoms with Crippen LogP contribution in [0.3, 0.4) is 0 Å². The van der Waals surface area contributed by atoms with Gasteiger partial charge in [-0.1, -0.05) is 6.42 Å². The Balaban J connectivity index is 0.00000131. The van der Waals surface area contributed by atoms with E-state index in [-0.39, 0.29) is 36.6 Å². The van der Waals surface area contributed by atoms with Crippen LogP contribution in [-0.4, -0.2) is 30.0 Å². The molecule has 7 heteroatoms. The Kier molecular flexibility index (Phi) is 8.20. The molecule has 0 radical (unpaired) electrons. The fourth-order valence-electron chi connectivity index (χ4n) is 5.02. The molecule has 3 N–H and O–H groups in total. The molecule has 152 valence electrons. The number of rotatable bonds is 3. The third kappa shape index (κ3) is 5.07. The Morgan fingerprint density at radius 1 is 1.04 bits per heavy atom. The van der Waals surface area contributed by atoms with Crippen LogP contribution in [0.2, 0.25) is 0 Å².